The highest BCUT2D eigenvalue weighted by Gasteiger charge is 2.01. The zero-order valence-corrected chi connectivity index (χ0v) is 11.1. The summed E-state index contributed by atoms with van der Waals surface area (Å²) in [5.74, 6) is -0.236. The third-order valence-corrected chi connectivity index (χ3v) is 3.19. The molecule has 2 aromatic rings. The highest BCUT2D eigenvalue weighted by molar-refractivity contribution is 9.10. The predicted molar refractivity (Wildman–Crippen MR) is 72.6 cm³/mol. The Labute approximate surface area is 109 Å². The van der Waals surface area contributed by atoms with E-state index in [0.717, 1.165) is 10.2 Å². The molecular formula is C14H13BrFN. The van der Waals surface area contributed by atoms with Gasteiger partial charge < -0.3 is 5.32 Å². The summed E-state index contributed by atoms with van der Waals surface area (Å²) in [4.78, 5) is 0. The van der Waals surface area contributed by atoms with Crippen LogP contribution in [0.4, 0.5) is 10.1 Å². The normalized spacial score (nSPS) is 10.3. The average Bonchev–Trinajstić information content (AvgIpc) is 2.30. The molecule has 0 aliphatic rings. The van der Waals surface area contributed by atoms with Crippen molar-refractivity contribution in [3.05, 3.63) is 63.9 Å². The van der Waals surface area contributed by atoms with Gasteiger partial charge in [0.1, 0.15) is 5.82 Å². The molecule has 17 heavy (non-hydrogen) atoms. The minimum atomic E-state index is -0.236. The SMILES string of the molecule is Cc1cccc(CNc2cc(F)ccc2Br)c1. The summed E-state index contributed by atoms with van der Waals surface area (Å²) in [6.45, 7) is 2.74. The van der Waals surface area contributed by atoms with Gasteiger partial charge in [0, 0.05) is 11.0 Å². The van der Waals surface area contributed by atoms with Crippen LogP contribution in [0.3, 0.4) is 0 Å². The number of halogens is 2. The Bertz CT molecular complexity index is 525. The van der Waals surface area contributed by atoms with E-state index in [2.05, 4.69) is 40.3 Å². The Balaban J connectivity index is 2.09. The number of benzene rings is 2. The molecule has 0 unspecified atom stereocenters. The van der Waals surface area contributed by atoms with Crippen LogP contribution in [-0.4, -0.2) is 0 Å². The van der Waals surface area contributed by atoms with Crippen molar-refractivity contribution in [1.29, 1.82) is 0 Å². The van der Waals surface area contributed by atoms with Crippen molar-refractivity contribution in [2.24, 2.45) is 0 Å². The minimum Gasteiger partial charge on any atom is -0.380 e. The third-order valence-electron chi connectivity index (χ3n) is 2.49. The number of aryl methyl sites for hydroxylation is 1. The first kappa shape index (κ1) is 12.1. The summed E-state index contributed by atoms with van der Waals surface area (Å²) < 4.78 is 13.9. The fourth-order valence-corrected chi connectivity index (χ4v) is 2.04. The molecule has 0 saturated carbocycles. The Hall–Kier alpha value is -1.35. The van der Waals surface area contributed by atoms with Crippen LogP contribution in [0, 0.1) is 12.7 Å². The zero-order chi connectivity index (χ0) is 12.3. The predicted octanol–water partition coefficient (Wildman–Crippen LogP) is 4.51. The lowest BCUT2D eigenvalue weighted by Crippen LogP contribution is -2.00. The Morgan fingerprint density at radius 2 is 2.00 bits per heavy atom. The summed E-state index contributed by atoms with van der Waals surface area (Å²) >= 11 is 3.39. The first-order chi connectivity index (χ1) is 8.15. The van der Waals surface area contributed by atoms with Gasteiger partial charge in [0.05, 0.1) is 5.69 Å². The summed E-state index contributed by atoms with van der Waals surface area (Å²) in [5, 5.41) is 3.21. The zero-order valence-electron chi connectivity index (χ0n) is 9.50. The van der Waals surface area contributed by atoms with Crippen LogP contribution in [0.25, 0.3) is 0 Å². The van der Waals surface area contributed by atoms with Gasteiger partial charge in [-0.2, -0.15) is 0 Å². The molecular weight excluding hydrogens is 281 g/mol. The molecule has 0 atom stereocenters. The average molecular weight is 294 g/mol. The summed E-state index contributed by atoms with van der Waals surface area (Å²) in [6, 6.07) is 12.9. The maximum absolute atomic E-state index is 13.1. The maximum Gasteiger partial charge on any atom is 0.125 e. The molecule has 3 heteroatoms. The molecule has 1 nitrogen and oxygen atoms in total. The van der Waals surface area contributed by atoms with Crippen LogP contribution in [0.2, 0.25) is 0 Å². The standard InChI is InChI=1S/C14H13BrFN/c1-10-3-2-4-11(7-10)9-17-14-8-12(16)5-6-13(14)15/h2-8,17H,9H2,1H3. The van der Waals surface area contributed by atoms with Gasteiger partial charge in [0.2, 0.25) is 0 Å². The van der Waals surface area contributed by atoms with Crippen LogP contribution in [0.15, 0.2) is 46.9 Å². The second kappa shape index (κ2) is 5.32. The lowest BCUT2D eigenvalue weighted by atomic mass is 10.1. The molecule has 0 heterocycles. The van der Waals surface area contributed by atoms with Gasteiger partial charge in [0.15, 0.2) is 0 Å². The second-order valence-corrected chi connectivity index (χ2v) is 4.82. The molecule has 0 aliphatic carbocycles. The first-order valence-corrected chi connectivity index (χ1v) is 6.19. The van der Waals surface area contributed by atoms with E-state index in [0.29, 0.717) is 6.54 Å². The molecule has 0 fully saturated rings. The van der Waals surface area contributed by atoms with E-state index in [1.165, 1.54) is 23.3 Å². The van der Waals surface area contributed by atoms with Gasteiger partial charge >= 0.3 is 0 Å². The summed E-state index contributed by atoms with van der Waals surface area (Å²) in [6.07, 6.45) is 0. The van der Waals surface area contributed by atoms with Crippen LogP contribution in [0.1, 0.15) is 11.1 Å². The summed E-state index contributed by atoms with van der Waals surface area (Å²) in [5.41, 5.74) is 3.18. The van der Waals surface area contributed by atoms with Gasteiger partial charge in [0.25, 0.3) is 0 Å². The molecule has 0 saturated heterocycles. The first-order valence-electron chi connectivity index (χ1n) is 5.39. The molecule has 0 radical (unpaired) electrons. The van der Waals surface area contributed by atoms with Crippen molar-refractivity contribution >= 4 is 21.6 Å². The molecule has 0 aromatic heterocycles. The summed E-state index contributed by atoms with van der Waals surface area (Å²) in [7, 11) is 0. The fourth-order valence-electron chi connectivity index (χ4n) is 1.65. The van der Waals surface area contributed by atoms with E-state index >= 15 is 0 Å². The molecule has 88 valence electrons. The second-order valence-electron chi connectivity index (χ2n) is 3.97. The van der Waals surface area contributed by atoms with Gasteiger partial charge in [-0.05, 0) is 46.6 Å². The van der Waals surface area contributed by atoms with Gasteiger partial charge in [-0.15, -0.1) is 0 Å². The van der Waals surface area contributed by atoms with E-state index in [-0.39, 0.29) is 5.82 Å². The number of hydrogen-bond acceptors (Lipinski definition) is 1. The Morgan fingerprint density at radius 3 is 2.76 bits per heavy atom. The quantitative estimate of drug-likeness (QED) is 0.878. The molecule has 0 bridgehead atoms. The van der Waals surface area contributed by atoms with E-state index < -0.39 is 0 Å². The molecule has 0 aliphatic heterocycles. The fraction of sp³-hybridized carbons (Fsp3) is 0.143. The molecule has 2 rings (SSSR count). The van der Waals surface area contributed by atoms with E-state index in [1.807, 2.05) is 12.1 Å². The number of nitrogens with one attached hydrogen (secondary N) is 1. The number of anilines is 1. The van der Waals surface area contributed by atoms with E-state index in [9.17, 15) is 4.39 Å². The smallest absolute Gasteiger partial charge is 0.125 e. The van der Waals surface area contributed by atoms with Gasteiger partial charge in [-0.25, -0.2) is 4.39 Å². The minimum absolute atomic E-state index is 0.236. The van der Waals surface area contributed by atoms with Crippen molar-refractivity contribution in [1.82, 2.24) is 0 Å². The van der Waals surface area contributed by atoms with Crippen molar-refractivity contribution in [2.75, 3.05) is 5.32 Å². The Kier molecular flexibility index (Phi) is 3.79. The van der Waals surface area contributed by atoms with Gasteiger partial charge in [-0.1, -0.05) is 29.8 Å². The lowest BCUT2D eigenvalue weighted by Gasteiger charge is -2.09. The topological polar surface area (TPSA) is 12.0 Å². The van der Waals surface area contributed by atoms with Crippen LogP contribution in [-0.2, 0) is 6.54 Å². The lowest BCUT2D eigenvalue weighted by molar-refractivity contribution is 0.628. The molecule has 0 amide bonds. The van der Waals surface area contributed by atoms with E-state index in [4.69, 9.17) is 0 Å². The molecule has 2 aromatic carbocycles. The highest BCUT2D eigenvalue weighted by Crippen LogP contribution is 2.23. The number of hydrogen-bond donors (Lipinski definition) is 1. The Morgan fingerprint density at radius 1 is 1.18 bits per heavy atom. The third kappa shape index (κ3) is 3.30. The highest BCUT2D eigenvalue weighted by atomic mass is 79.9. The number of rotatable bonds is 3. The van der Waals surface area contributed by atoms with E-state index in [1.54, 1.807) is 6.07 Å². The molecule has 1 N–H and O–H groups in total. The van der Waals surface area contributed by atoms with Crippen LogP contribution >= 0.6 is 15.9 Å². The van der Waals surface area contributed by atoms with Crippen molar-refractivity contribution in [2.45, 2.75) is 13.5 Å². The van der Waals surface area contributed by atoms with Crippen LogP contribution in [0.5, 0.6) is 0 Å². The molecule has 0 spiro atoms. The maximum atomic E-state index is 13.1. The van der Waals surface area contributed by atoms with Crippen molar-refractivity contribution in [3.8, 4) is 0 Å². The van der Waals surface area contributed by atoms with Crippen LogP contribution < -0.4 is 5.32 Å². The van der Waals surface area contributed by atoms with Gasteiger partial charge in [-0.3, -0.25) is 0 Å². The van der Waals surface area contributed by atoms with Crippen molar-refractivity contribution in [3.63, 3.8) is 0 Å². The van der Waals surface area contributed by atoms with Crippen molar-refractivity contribution < 1.29 is 4.39 Å². The largest absolute Gasteiger partial charge is 0.380 e. The monoisotopic (exact) mass is 293 g/mol.